The summed E-state index contributed by atoms with van der Waals surface area (Å²) in [7, 11) is 0. The lowest BCUT2D eigenvalue weighted by Crippen LogP contribution is -2.38. The highest BCUT2D eigenvalue weighted by atomic mass is 35.5. The van der Waals surface area contributed by atoms with Gasteiger partial charge >= 0.3 is 0 Å². The van der Waals surface area contributed by atoms with Crippen molar-refractivity contribution in [2.75, 3.05) is 19.7 Å². The first kappa shape index (κ1) is 16.0. The molecule has 1 aromatic carbocycles. The molecule has 1 atom stereocenters. The van der Waals surface area contributed by atoms with Crippen LogP contribution < -0.4 is 11.1 Å². The lowest BCUT2D eigenvalue weighted by molar-refractivity contribution is 0.00644. The zero-order chi connectivity index (χ0) is 15.3. The van der Waals surface area contributed by atoms with Gasteiger partial charge in [-0.3, -0.25) is 0 Å². The summed E-state index contributed by atoms with van der Waals surface area (Å²) < 4.78 is 33.3. The Bertz CT molecular complexity index is 487. The third-order valence-corrected chi connectivity index (χ3v) is 3.50. The third kappa shape index (κ3) is 4.82. The molecule has 1 aliphatic heterocycles. The van der Waals surface area contributed by atoms with Gasteiger partial charge in [0.1, 0.15) is 6.54 Å². The van der Waals surface area contributed by atoms with Gasteiger partial charge in [0, 0.05) is 23.7 Å². The average Bonchev–Trinajstić information content (AvgIpc) is 2.97. The Balaban J connectivity index is 1.86. The summed E-state index contributed by atoms with van der Waals surface area (Å²) >= 11 is 5.68. The van der Waals surface area contributed by atoms with E-state index < -0.39 is 12.5 Å². The minimum atomic E-state index is -3.08. The van der Waals surface area contributed by atoms with Crippen LogP contribution in [0.15, 0.2) is 29.3 Å². The van der Waals surface area contributed by atoms with Crippen molar-refractivity contribution in [3.8, 4) is 0 Å². The van der Waals surface area contributed by atoms with E-state index in [2.05, 4.69) is 10.3 Å². The smallest absolute Gasteiger partial charge is 0.292 e. The summed E-state index contributed by atoms with van der Waals surface area (Å²) in [6.45, 7) is 0.513. The SMILES string of the molecule is NC(=NCC(F)(F)c1ccc(Cl)cc1)NCC1CCCO1. The van der Waals surface area contributed by atoms with E-state index in [4.69, 9.17) is 22.1 Å². The van der Waals surface area contributed by atoms with E-state index >= 15 is 0 Å². The van der Waals surface area contributed by atoms with Gasteiger partial charge in [-0.25, -0.2) is 4.99 Å². The molecule has 1 heterocycles. The lowest BCUT2D eigenvalue weighted by atomic mass is 10.1. The number of nitrogens with one attached hydrogen (secondary N) is 1. The Hall–Kier alpha value is -1.40. The van der Waals surface area contributed by atoms with Crippen molar-refractivity contribution in [1.29, 1.82) is 0 Å². The first-order valence-electron chi connectivity index (χ1n) is 6.76. The molecule has 21 heavy (non-hydrogen) atoms. The van der Waals surface area contributed by atoms with Gasteiger partial charge in [-0.15, -0.1) is 0 Å². The van der Waals surface area contributed by atoms with Crippen molar-refractivity contribution < 1.29 is 13.5 Å². The van der Waals surface area contributed by atoms with Crippen molar-refractivity contribution in [3.63, 3.8) is 0 Å². The number of alkyl halides is 2. The van der Waals surface area contributed by atoms with Crippen LogP contribution in [0, 0.1) is 0 Å². The monoisotopic (exact) mass is 317 g/mol. The minimum Gasteiger partial charge on any atom is -0.376 e. The highest BCUT2D eigenvalue weighted by molar-refractivity contribution is 6.30. The van der Waals surface area contributed by atoms with Gasteiger partial charge in [0.15, 0.2) is 5.96 Å². The number of nitrogens with two attached hydrogens (primary N) is 1. The number of rotatable bonds is 5. The van der Waals surface area contributed by atoms with Crippen LogP contribution in [-0.2, 0) is 10.7 Å². The predicted octanol–water partition coefficient (Wildman–Crippen LogP) is 2.52. The van der Waals surface area contributed by atoms with Gasteiger partial charge < -0.3 is 15.8 Å². The van der Waals surface area contributed by atoms with E-state index in [-0.39, 0.29) is 17.6 Å². The summed E-state index contributed by atoms with van der Waals surface area (Å²) in [6, 6.07) is 5.42. The Kier molecular flexibility index (Phi) is 5.36. The highest BCUT2D eigenvalue weighted by Gasteiger charge is 2.31. The Morgan fingerprint density at radius 3 is 2.76 bits per heavy atom. The molecule has 0 aliphatic carbocycles. The van der Waals surface area contributed by atoms with Crippen LogP contribution in [0.5, 0.6) is 0 Å². The van der Waals surface area contributed by atoms with E-state index in [1.54, 1.807) is 0 Å². The molecule has 4 nitrogen and oxygen atoms in total. The molecule has 1 aromatic rings. The van der Waals surface area contributed by atoms with Crippen LogP contribution in [0.2, 0.25) is 5.02 Å². The van der Waals surface area contributed by atoms with Crippen molar-refractivity contribution in [2.24, 2.45) is 10.7 Å². The fourth-order valence-electron chi connectivity index (χ4n) is 2.05. The van der Waals surface area contributed by atoms with Crippen LogP contribution in [-0.4, -0.2) is 31.8 Å². The predicted molar refractivity (Wildman–Crippen MR) is 78.8 cm³/mol. The molecule has 0 spiro atoms. The van der Waals surface area contributed by atoms with E-state index in [1.807, 2.05) is 0 Å². The Labute approximate surface area is 127 Å². The summed E-state index contributed by atoms with van der Waals surface area (Å²) in [5.74, 6) is -3.08. The molecule has 1 unspecified atom stereocenters. The van der Waals surface area contributed by atoms with Crippen LogP contribution in [0.4, 0.5) is 8.78 Å². The molecule has 0 saturated carbocycles. The summed E-state index contributed by atoms with van der Waals surface area (Å²) in [5, 5.41) is 3.22. The molecule has 0 radical (unpaired) electrons. The lowest BCUT2D eigenvalue weighted by Gasteiger charge is -2.15. The number of aliphatic imine (C=N–C) groups is 1. The van der Waals surface area contributed by atoms with Crippen molar-refractivity contribution in [2.45, 2.75) is 24.9 Å². The molecule has 116 valence electrons. The zero-order valence-corrected chi connectivity index (χ0v) is 12.2. The molecular formula is C14H18ClF2N3O. The fourth-order valence-corrected chi connectivity index (χ4v) is 2.18. The van der Waals surface area contributed by atoms with Crippen molar-refractivity contribution in [3.05, 3.63) is 34.9 Å². The largest absolute Gasteiger partial charge is 0.376 e. The molecule has 3 N–H and O–H groups in total. The van der Waals surface area contributed by atoms with Crippen LogP contribution in [0.3, 0.4) is 0 Å². The Morgan fingerprint density at radius 1 is 1.43 bits per heavy atom. The molecule has 7 heteroatoms. The number of hydrogen-bond acceptors (Lipinski definition) is 2. The van der Waals surface area contributed by atoms with Gasteiger partial charge in [-0.1, -0.05) is 23.7 Å². The maximum atomic E-state index is 13.9. The van der Waals surface area contributed by atoms with Crippen LogP contribution >= 0.6 is 11.6 Å². The normalized spacial score (nSPS) is 19.8. The third-order valence-electron chi connectivity index (χ3n) is 3.25. The number of ether oxygens (including phenoxy) is 1. The summed E-state index contributed by atoms with van der Waals surface area (Å²) in [4.78, 5) is 3.70. The minimum absolute atomic E-state index is 0.000798. The number of benzene rings is 1. The number of halogens is 3. The summed E-state index contributed by atoms with van der Waals surface area (Å²) in [6.07, 6.45) is 2.04. The maximum Gasteiger partial charge on any atom is 0.292 e. The van der Waals surface area contributed by atoms with E-state index in [0.29, 0.717) is 11.6 Å². The number of hydrogen-bond donors (Lipinski definition) is 2. The van der Waals surface area contributed by atoms with E-state index in [1.165, 1.54) is 24.3 Å². The number of guanidine groups is 1. The molecule has 1 fully saturated rings. The first-order chi connectivity index (χ1) is 9.97. The van der Waals surface area contributed by atoms with Crippen LogP contribution in [0.1, 0.15) is 18.4 Å². The highest BCUT2D eigenvalue weighted by Crippen LogP contribution is 2.29. The number of nitrogens with zero attached hydrogens (tertiary/aromatic N) is 1. The molecule has 0 bridgehead atoms. The second-order valence-electron chi connectivity index (χ2n) is 4.93. The second kappa shape index (κ2) is 7.04. The maximum absolute atomic E-state index is 13.9. The molecule has 0 aromatic heterocycles. The summed E-state index contributed by atoms with van der Waals surface area (Å²) in [5.41, 5.74) is 5.45. The first-order valence-corrected chi connectivity index (χ1v) is 7.14. The fraction of sp³-hybridized carbons (Fsp3) is 0.500. The van der Waals surface area contributed by atoms with Crippen molar-refractivity contribution >= 4 is 17.6 Å². The van der Waals surface area contributed by atoms with E-state index in [9.17, 15) is 8.78 Å². The quantitative estimate of drug-likeness (QED) is 0.648. The van der Waals surface area contributed by atoms with Crippen LogP contribution in [0.25, 0.3) is 0 Å². The molecule has 1 saturated heterocycles. The molecule has 2 rings (SSSR count). The van der Waals surface area contributed by atoms with Gasteiger partial charge in [0.25, 0.3) is 5.92 Å². The topological polar surface area (TPSA) is 59.6 Å². The van der Waals surface area contributed by atoms with E-state index in [0.717, 1.165) is 19.4 Å². The van der Waals surface area contributed by atoms with Gasteiger partial charge in [0.05, 0.1) is 6.10 Å². The van der Waals surface area contributed by atoms with Gasteiger partial charge in [-0.05, 0) is 25.0 Å². The Morgan fingerprint density at radius 2 is 2.14 bits per heavy atom. The average molecular weight is 318 g/mol. The molecular weight excluding hydrogens is 300 g/mol. The van der Waals surface area contributed by atoms with Crippen molar-refractivity contribution in [1.82, 2.24) is 5.32 Å². The van der Waals surface area contributed by atoms with Gasteiger partial charge in [-0.2, -0.15) is 8.78 Å². The zero-order valence-electron chi connectivity index (χ0n) is 11.5. The molecule has 0 amide bonds. The molecule has 1 aliphatic rings. The standard InChI is InChI=1S/C14H18ClF2N3O/c15-11-5-3-10(4-6-11)14(16,17)9-20-13(18)19-8-12-2-1-7-21-12/h3-6,12H,1-2,7-9H2,(H3,18,19,20). The second-order valence-corrected chi connectivity index (χ2v) is 5.37. The van der Waals surface area contributed by atoms with Gasteiger partial charge in [0.2, 0.25) is 0 Å².